The quantitative estimate of drug-likeness (QED) is 0.669. The third-order valence-electron chi connectivity index (χ3n) is 2.76. The van der Waals surface area contributed by atoms with Crippen LogP contribution in [0.15, 0.2) is 48.0 Å². The van der Waals surface area contributed by atoms with E-state index in [2.05, 4.69) is 5.32 Å². The molecular formula is C16H10ClFN2O2. The summed E-state index contributed by atoms with van der Waals surface area (Å²) in [6.07, 6.45) is 1.22. The highest BCUT2D eigenvalue weighted by atomic mass is 35.5. The normalized spacial score (nSPS) is 10.9. The first-order valence-corrected chi connectivity index (χ1v) is 6.54. The lowest BCUT2D eigenvalue weighted by Gasteiger charge is -2.05. The van der Waals surface area contributed by atoms with E-state index in [0.717, 1.165) is 0 Å². The maximum Gasteiger partial charge on any atom is 0.266 e. The third-order valence-corrected chi connectivity index (χ3v) is 2.99. The van der Waals surface area contributed by atoms with Crippen molar-refractivity contribution in [1.82, 2.24) is 0 Å². The minimum absolute atomic E-state index is 0.105. The Balaban J connectivity index is 2.25. The van der Waals surface area contributed by atoms with Crippen molar-refractivity contribution in [3.05, 3.63) is 64.4 Å². The predicted molar refractivity (Wildman–Crippen MR) is 81.7 cm³/mol. The number of halogens is 2. The van der Waals surface area contributed by atoms with Crippen molar-refractivity contribution in [2.24, 2.45) is 0 Å². The molecule has 2 aromatic rings. The average Bonchev–Trinajstić information content (AvgIpc) is 2.50. The second-order valence-electron chi connectivity index (χ2n) is 4.33. The van der Waals surface area contributed by atoms with Gasteiger partial charge in [0.25, 0.3) is 5.91 Å². The standard InChI is InChI=1S/C16H10ClFN2O2/c17-12-1-6-15(21)10(8-12)7-11(9-19)16(22)20-14-4-2-13(18)3-5-14/h1-8,21H,(H,20,22)/b11-7+. The summed E-state index contributed by atoms with van der Waals surface area (Å²) in [5.41, 5.74) is 0.378. The Morgan fingerprint density at radius 2 is 1.95 bits per heavy atom. The molecule has 0 atom stereocenters. The number of phenolic OH excluding ortho intramolecular Hbond substituents is 1. The monoisotopic (exact) mass is 316 g/mol. The molecule has 0 saturated heterocycles. The van der Waals surface area contributed by atoms with Gasteiger partial charge in [0.05, 0.1) is 0 Å². The van der Waals surface area contributed by atoms with E-state index in [1.807, 2.05) is 0 Å². The fourth-order valence-electron chi connectivity index (χ4n) is 1.68. The zero-order valence-corrected chi connectivity index (χ0v) is 11.9. The van der Waals surface area contributed by atoms with Crippen LogP contribution in [0.5, 0.6) is 5.75 Å². The van der Waals surface area contributed by atoms with Crippen LogP contribution in [0, 0.1) is 17.1 Å². The minimum atomic E-state index is -0.673. The molecular weight excluding hydrogens is 307 g/mol. The second kappa shape index (κ2) is 6.74. The summed E-state index contributed by atoms with van der Waals surface area (Å²) < 4.78 is 12.8. The SMILES string of the molecule is N#C/C(=C\c1cc(Cl)ccc1O)C(=O)Nc1ccc(F)cc1. The Bertz CT molecular complexity index is 780. The lowest BCUT2D eigenvalue weighted by atomic mass is 10.1. The molecule has 0 saturated carbocycles. The molecule has 2 rings (SSSR count). The van der Waals surface area contributed by atoms with Crippen LogP contribution in [0.2, 0.25) is 5.02 Å². The number of rotatable bonds is 3. The lowest BCUT2D eigenvalue weighted by Crippen LogP contribution is -2.13. The summed E-state index contributed by atoms with van der Waals surface area (Å²) in [6.45, 7) is 0. The van der Waals surface area contributed by atoms with E-state index < -0.39 is 11.7 Å². The number of anilines is 1. The number of benzene rings is 2. The van der Waals surface area contributed by atoms with Crippen LogP contribution >= 0.6 is 11.6 Å². The zero-order chi connectivity index (χ0) is 16.1. The van der Waals surface area contributed by atoms with E-state index in [4.69, 9.17) is 16.9 Å². The van der Waals surface area contributed by atoms with Crippen molar-refractivity contribution in [2.45, 2.75) is 0 Å². The number of nitriles is 1. The van der Waals surface area contributed by atoms with Crippen LogP contribution < -0.4 is 5.32 Å². The number of amides is 1. The van der Waals surface area contributed by atoms with Crippen LogP contribution in [0.3, 0.4) is 0 Å². The number of carbonyl (C=O) groups excluding carboxylic acids is 1. The molecule has 0 radical (unpaired) electrons. The summed E-state index contributed by atoms with van der Waals surface area (Å²) in [5, 5.41) is 21.6. The van der Waals surface area contributed by atoms with Crippen molar-refractivity contribution >= 4 is 29.3 Å². The minimum Gasteiger partial charge on any atom is -0.507 e. The van der Waals surface area contributed by atoms with Crippen LogP contribution in [0.4, 0.5) is 10.1 Å². The molecule has 2 N–H and O–H groups in total. The summed E-state index contributed by atoms with van der Waals surface area (Å²) in [7, 11) is 0. The van der Waals surface area contributed by atoms with Gasteiger partial charge in [0.2, 0.25) is 0 Å². The number of nitrogens with one attached hydrogen (secondary N) is 1. The summed E-state index contributed by atoms with van der Waals surface area (Å²) in [5.74, 6) is -1.21. The van der Waals surface area contributed by atoms with E-state index in [0.29, 0.717) is 10.7 Å². The Labute approximate surface area is 131 Å². The van der Waals surface area contributed by atoms with Crippen LogP contribution in [-0.2, 0) is 4.79 Å². The van der Waals surface area contributed by atoms with Gasteiger partial charge in [-0.3, -0.25) is 4.79 Å². The zero-order valence-electron chi connectivity index (χ0n) is 11.2. The molecule has 0 bridgehead atoms. The molecule has 0 fully saturated rings. The highest BCUT2D eigenvalue weighted by Gasteiger charge is 2.11. The molecule has 1 amide bonds. The van der Waals surface area contributed by atoms with E-state index in [-0.39, 0.29) is 16.9 Å². The molecule has 2 aromatic carbocycles. The molecule has 0 aliphatic carbocycles. The maximum atomic E-state index is 12.8. The maximum absolute atomic E-state index is 12.8. The van der Waals surface area contributed by atoms with Gasteiger partial charge in [-0.2, -0.15) is 5.26 Å². The Morgan fingerprint density at radius 1 is 1.27 bits per heavy atom. The van der Waals surface area contributed by atoms with Crippen LogP contribution in [0.25, 0.3) is 6.08 Å². The largest absolute Gasteiger partial charge is 0.507 e. The Morgan fingerprint density at radius 3 is 2.59 bits per heavy atom. The Hall–Kier alpha value is -2.84. The number of phenols is 1. The molecule has 0 aromatic heterocycles. The average molecular weight is 317 g/mol. The molecule has 4 nitrogen and oxygen atoms in total. The first-order valence-electron chi connectivity index (χ1n) is 6.17. The highest BCUT2D eigenvalue weighted by Crippen LogP contribution is 2.24. The predicted octanol–water partition coefficient (Wildman–Crippen LogP) is 3.73. The molecule has 0 aliphatic rings. The highest BCUT2D eigenvalue weighted by molar-refractivity contribution is 6.30. The summed E-state index contributed by atoms with van der Waals surface area (Å²) in [6, 6.07) is 11.2. The molecule has 0 spiro atoms. The van der Waals surface area contributed by atoms with Crippen LogP contribution in [-0.4, -0.2) is 11.0 Å². The van der Waals surface area contributed by atoms with Gasteiger partial charge in [0.1, 0.15) is 23.2 Å². The van der Waals surface area contributed by atoms with E-state index in [1.165, 1.54) is 48.5 Å². The summed E-state index contributed by atoms with van der Waals surface area (Å²) >= 11 is 5.81. The number of nitrogens with zero attached hydrogens (tertiary/aromatic N) is 1. The van der Waals surface area contributed by atoms with Gasteiger partial charge in [-0.1, -0.05) is 11.6 Å². The van der Waals surface area contributed by atoms with Gasteiger partial charge in [0.15, 0.2) is 0 Å². The number of carbonyl (C=O) groups is 1. The van der Waals surface area contributed by atoms with E-state index >= 15 is 0 Å². The smallest absolute Gasteiger partial charge is 0.266 e. The van der Waals surface area contributed by atoms with Crippen molar-refractivity contribution in [3.63, 3.8) is 0 Å². The Kier molecular flexibility index (Phi) is 4.77. The lowest BCUT2D eigenvalue weighted by molar-refractivity contribution is -0.112. The first-order chi connectivity index (χ1) is 10.5. The van der Waals surface area contributed by atoms with E-state index in [9.17, 15) is 14.3 Å². The number of aromatic hydroxyl groups is 1. The first kappa shape index (κ1) is 15.5. The van der Waals surface area contributed by atoms with Gasteiger partial charge in [0, 0.05) is 16.3 Å². The molecule has 6 heteroatoms. The fraction of sp³-hybridized carbons (Fsp3) is 0. The van der Waals surface area contributed by atoms with Gasteiger partial charge in [-0.05, 0) is 48.5 Å². The van der Waals surface area contributed by atoms with Gasteiger partial charge in [-0.25, -0.2) is 4.39 Å². The topological polar surface area (TPSA) is 73.1 Å². The molecule has 110 valence electrons. The molecule has 0 aliphatic heterocycles. The summed E-state index contributed by atoms with van der Waals surface area (Å²) in [4.78, 5) is 12.0. The van der Waals surface area contributed by atoms with Gasteiger partial charge >= 0.3 is 0 Å². The third kappa shape index (κ3) is 3.84. The van der Waals surface area contributed by atoms with Crippen molar-refractivity contribution in [2.75, 3.05) is 5.32 Å². The number of hydrogen-bond acceptors (Lipinski definition) is 3. The molecule has 22 heavy (non-hydrogen) atoms. The van der Waals surface area contributed by atoms with Crippen molar-refractivity contribution in [3.8, 4) is 11.8 Å². The van der Waals surface area contributed by atoms with Gasteiger partial charge in [-0.15, -0.1) is 0 Å². The number of hydrogen-bond donors (Lipinski definition) is 2. The van der Waals surface area contributed by atoms with Crippen molar-refractivity contribution < 1.29 is 14.3 Å². The van der Waals surface area contributed by atoms with E-state index in [1.54, 1.807) is 6.07 Å². The van der Waals surface area contributed by atoms with Crippen molar-refractivity contribution in [1.29, 1.82) is 5.26 Å². The second-order valence-corrected chi connectivity index (χ2v) is 4.77. The fourth-order valence-corrected chi connectivity index (χ4v) is 1.86. The van der Waals surface area contributed by atoms with Gasteiger partial charge < -0.3 is 10.4 Å². The van der Waals surface area contributed by atoms with Crippen LogP contribution in [0.1, 0.15) is 5.56 Å². The molecule has 0 heterocycles. The molecule has 0 unspecified atom stereocenters.